The van der Waals surface area contributed by atoms with E-state index in [1.165, 1.54) is 37.4 Å². The second-order valence-electron chi connectivity index (χ2n) is 7.87. The Bertz CT molecular complexity index is 1530. The maximum absolute atomic E-state index is 12.8. The molecule has 0 spiro atoms. The van der Waals surface area contributed by atoms with Crippen LogP contribution in [0.2, 0.25) is 0 Å². The van der Waals surface area contributed by atoms with Gasteiger partial charge in [0.05, 0.1) is 24.8 Å². The van der Waals surface area contributed by atoms with Gasteiger partial charge in [-0.1, -0.05) is 18.2 Å². The molecule has 0 amide bonds. The quantitative estimate of drug-likeness (QED) is 0.287. The van der Waals surface area contributed by atoms with Gasteiger partial charge in [-0.3, -0.25) is 4.79 Å². The van der Waals surface area contributed by atoms with Gasteiger partial charge in [-0.15, -0.1) is 0 Å². The van der Waals surface area contributed by atoms with Crippen LogP contribution in [0.5, 0.6) is 11.5 Å². The highest BCUT2D eigenvalue weighted by atomic mass is 32.2. The molecular weight excluding hydrogens is 464 g/mol. The normalized spacial score (nSPS) is 11.8. The Morgan fingerprint density at radius 1 is 0.943 bits per heavy atom. The molecule has 180 valence electrons. The number of allylic oxidation sites excluding steroid dienone is 1. The van der Waals surface area contributed by atoms with Gasteiger partial charge >= 0.3 is 0 Å². The fourth-order valence-electron chi connectivity index (χ4n) is 3.98. The highest BCUT2D eigenvalue weighted by molar-refractivity contribution is 7.89. The number of ketones is 1. The molecule has 0 saturated heterocycles. The Hall–Kier alpha value is -3.88. The molecule has 35 heavy (non-hydrogen) atoms. The summed E-state index contributed by atoms with van der Waals surface area (Å²) < 4.78 is 39.4. The number of nitrogens with zero attached hydrogens (tertiary/aromatic N) is 1. The monoisotopic (exact) mass is 490 g/mol. The van der Waals surface area contributed by atoms with Crippen LogP contribution in [0.15, 0.2) is 77.7 Å². The number of carbonyl (C=O) groups is 1. The van der Waals surface area contributed by atoms with Crippen LogP contribution >= 0.6 is 0 Å². The summed E-state index contributed by atoms with van der Waals surface area (Å²) in [6, 6.07) is 19.7. The molecule has 3 aromatic carbocycles. The van der Waals surface area contributed by atoms with Crippen molar-refractivity contribution in [3.05, 3.63) is 83.9 Å². The van der Waals surface area contributed by atoms with Crippen molar-refractivity contribution < 1.29 is 22.7 Å². The third-order valence-electron chi connectivity index (χ3n) is 5.91. The molecule has 0 radical (unpaired) electrons. The van der Waals surface area contributed by atoms with Crippen LogP contribution in [0, 0.1) is 0 Å². The van der Waals surface area contributed by atoms with Crippen LogP contribution in [0.4, 0.5) is 0 Å². The number of benzene rings is 3. The first-order valence-corrected chi connectivity index (χ1v) is 12.3. The van der Waals surface area contributed by atoms with Gasteiger partial charge in [0, 0.05) is 40.7 Å². The number of hydrogen-bond acceptors (Lipinski definition) is 5. The second-order valence-corrected chi connectivity index (χ2v) is 9.76. The van der Waals surface area contributed by atoms with Gasteiger partial charge in [-0.2, -0.15) is 0 Å². The first kappa shape index (κ1) is 24.3. The van der Waals surface area contributed by atoms with Crippen LogP contribution in [0.25, 0.3) is 28.2 Å². The lowest BCUT2D eigenvalue weighted by Crippen LogP contribution is -2.18. The van der Waals surface area contributed by atoms with E-state index < -0.39 is 10.0 Å². The fraction of sp³-hybridized carbons (Fsp3) is 0.148. The zero-order valence-electron chi connectivity index (χ0n) is 19.9. The zero-order chi connectivity index (χ0) is 25.2. The Kier molecular flexibility index (Phi) is 6.77. The van der Waals surface area contributed by atoms with Crippen LogP contribution in [0.3, 0.4) is 0 Å². The lowest BCUT2D eigenvalue weighted by molar-refractivity contribution is 0.104. The smallest absolute Gasteiger partial charge is 0.240 e. The third kappa shape index (κ3) is 4.71. The Balaban J connectivity index is 1.71. The number of para-hydroxylation sites is 1. The largest absolute Gasteiger partial charge is 0.496 e. The first-order chi connectivity index (χ1) is 16.8. The van der Waals surface area contributed by atoms with Gasteiger partial charge < -0.3 is 14.0 Å². The Morgan fingerprint density at radius 2 is 1.63 bits per heavy atom. The number of methoxy groups -OCH3 is 2. The number of carbonyl (C=O) groups excluding carboxylic acids is 1. The van der Waals surface area contributed by atoms with Crippen LogP contribution in [0.1, 0.15) is 15.9 Å². The Morgan fingerprint density at radius 3 is 2.26 bits per heavy atom. The van der Waals surface area contributed by atoms with Crippen LogP contribution < -0.4 is 14.2 Å². The lowest BCUT2D eigenvalue weighted by atomic mass is 10.0. The van der Waals surface area contributed by atoms with Crippen molar-refractivity contribution in [3.63, 3.8) is 0 Å². The minimum atomic E-state index is -3.57. The molecule has 0 aliphatic carbocycles. The number of aromatic nitrogens is 1. The first-order valence-electron chi connectivity index (χ1n) is 10.9. The highest BCUT2D eigenvalue weighted by Crippen LogP contribution is 2.38. The summed E-state index contributed by atoms with van der Waals surface area (Å²) in [5.74, 6) is 0.948. The molecule has 0 fully saturated rings. The molecular formula is C27H26N2O5S. The van der Waals surface area contributed by atoms with E-state index in [2.05, 4.69) is 27.5 Å². The summed E-state index contributed by atoms with van der Waals surface area (Å²) in [5, 5.41) is 1.11. The maximum atomic E-state index is 12.8. The minimum Gasteiger partial charge on any atom is -0.496 e. The van der Waals surface area contributed by atoms with Gasteiger partial charge in [0.2, 0.25) is 10.0 Å². The molecule has 0 aliphatic heterocycles. The van der Waals surface area contributed by atoms with Crippen molar-refractivity contribution in [1.29, 1.82) is 0 Å². The predicted molar refractivity (Wildman–Crippen MR) is 138 cm³/mol. The van der Waals surface area contributed by atoms with E-state index >= 15 is 0 Å². The average Bonchev–Trinajstić information content (AvgIpc) is 3.23. The number of fused-ring (bicyclic) bond motifs is 1. The van der Waals surface area contributed by atoms with Crippen molar-refractivity contribution in [1.82, 2.24) is 9.29 Å². The molecule has 7 nitrogen and oxygen atoms in total. The molecule has 4 rings (SSSR count). The summed E-state index contributed by atoms with van der Waals surface area (Å²) in [6.07, 6.45) is 3.13. The number of ether oxygens (including phenoxy) is 2. The van der Waals surface area contributed by atoms with Gasteiger partial charge in [0.15, 0.2) is 5.78 Å². The molecule has 1 N–H and O–H groups in total. The Labute approximate surface area is 204 Å². The second kappa shape index (κ2) is 9.77. The van der Waals surface area contributed by atoms with Gasteiger partial charge in [-0.05, 0) is 61.7 Å². The molecule has 1 aromatic heterocycles. The summed E-state index contributed by atoms with van der Waals surface area (Å²) in [4.78, 5) is 12.9. The number of hydrogen-bond donors (Lipinski definition) is 1. The van der Waals surface area contributed by atoms with Crippen molar-refractivity contribution in [2.75, 3.05) is 21.3 Å². The average molecular weight is 491 g/mol. The third-order valence-corrected chi connectivity index (χ3v) is 7.34. The van der Waals surface area contributed by atoms with Gasteiger partial charge in [0.25, 0.3) is 0 Å². The molecule has 4 aromatic rings. The van der Waals surface area contributed by atoms with Crippen molar-refractivity contribution in [2.45, 2.75) is 4.90 Å². The lowest BCUT2D eigenvalue weighted by Gasteiger charge is -2.14. The van der Waals surface area contributed by atoms with Crippen molar-refractivity contribution in [2.24, 2.45) is 7.05 Å². The van der Waals surface area contributed by atoms with E-state index in [-0.39, 0.29) is 10.7 Å². The van der Waals surface area contributed by atoms with Crippen molar-refractivity contribution >= 4 is 32.8 Å². The molecule has 0 atom stereocenters. The van der Waals surface area contributed by atoms with Gasteiger partial charge in [-0.25, -0.2) is 13.1 Å². The standard InChI is InChI=1S/C27H26N2O5S/c1-28-35(31,32)21-12-9-18(10-13-21)25(30)14-11-20-15-22(27(34-4)17-26(20)33-3)24-16-19-7-5-6-8-23(19)29(24)2/h5-17,28H,1-4H3/b14-11+. The van der Waals surface area contributed by atoms with E-state index in [4.69, 9.17) is 9.47 Å². The number of sulfonamides is 1. The highest BCUT2D eigenvalue weighted by Gasteiger charge is 2.16. The van der Waals surface area contributed by atoms with Gasteiger partial charge in [0.1, 0.15) is 11.5 Å². The molecule has 0 bridgehead atoms. The van der Waals surface area contributed by atoms with Crippen LogP contribution in [-0.2, 0) is 17.1 Å². The van der Waals surface area contributed by atoms with E-state index in [1.807, 2.05) is 25.2 Å². The molecule has 0 saturated carbocycles. The predicted octanol–water partition coefficient (Wildman–Crippen LogP) is 4.67. The van der Waals surface area contributed by atoms with E-state index in [0.29, 0.717) is 22.6 Å². The minimum absolute atomic E-state index is 0.0944. The SMILES string of the molecule is CNS(=O)(=O)c1ccc(C(=O)/C=C/c2cc(-c3cc4ccccc4n3C)c(OC)cc2OC)cc1. The van der Waals surface area contributed by atoms with Crippen molar-refractivity contribution in [3.8, 4) is 22.8 Å². The van der Waals surface area contributed by atoms with Crippen LogP contribution in [-0.4, -0.2) is 40.0 Å². The fourth-order valence-corrected chi connectivity index (χ4v) is 4.71. The zero-order valence-corrected chi connectivity index (χ0v) is 20.7. The topological polar surface area (TPSA) is 86.6 Å². The number of nitrogens with one attached hydrogen (secondary N) is 1. The number of rotatable bonds is 8. The summed E-state index contributed by atoms with van der Waals surface area (Å²) in [5.41, 5.74) is 4.00. The molecule has 0 unspecified atom stereocenters. The molecule has 0 aliphatic rings. The molecule has 8 heteroatoms. The van der Waals surface area contributed by atoms with E-state index in [1.54, 1.807) is 26.4 Å². The number of aryl methyl sites for hydroxylation is 1. The van der Waals surface area contributed by atoms with E-state index in [0.717, 1.165) is 22.2 Å². The maximum Gasteiger partial charge on any atom is 0.240 e. The summed E-state index contributed by atoms with van der Waals surface area (Å²) in [7, 11) is 2.94. The summed E-state index contributed by atoms with van der Waals surface area (Å²) >= 11 is 0. The molecule has 1 heterocycles. The summed E-state index contributed by atoms with van der Waals surface area (Å²) in [6.45, 7) is 0. The van der Waals surface area contributed by atoms with E-state index in [9.17, 15) is 13.2 Å².